The van der Waals surface area contributed by atoms with Crippen LogP contribution < -0.4 is 4.90 Å². The number of anilines is 1. The van der Waals surface area contributed by atoms with Crippen LogP contribution in [0.1, 0.15) is 17.1 Å². The van der Waals surface area contributed by atoms with Crippen molar-refractivity contribution in [3.05, 3.63) is 51.4 Å². The van der Waals surface area contributed by atoms with Crippen molar-refractivity contribution >= 4 is 39.7 Å². The van der Waals surface area contributed by atoms with Crippen molar-refractivity contribution in [3.8, 4) is 0 Å². The minimum atomic E-state index is -4.57. The van der Waals surface area contributed by atoms with Crippen LogP contribution in [0.4, 0.5) is 19.0 Å². The van der Waals surface area contributed by atoms with Crippen LogP contribution in [0.25, 0.3) is 10.9 Å². The molecule has 4 nitrogen and oxygen atoms in total. The molecular weight excluding hydrogens is 421 g/mol. The van der Waals surface area contributed by atoms with Gasteiger partial charge in [0.2, 0.25) is 5.82 Å². The summed E-state index contributed by atoms with van der Waals surface area (Å²) in [7, 11) is 0. The van der Waals surface area contributed by atoms with Gasteiger partial charge in [-0.25, -0.2) is 9.97 Å². The first-order valence-electron chi connectivity index (χ1n) is 9.45. The molecular formula is C20H18ClF3N4S. The minimum Gasteiger partial charge on any atom is -0.351 e. The van der Waals surface area contributed by atoms with Crippen molar-refractivity contribution in [1.82, 2.24) is 14.9 Å². The van der Waals surface area contributed by atoms with Gasteiger partial charge in [0.15, 0.2) is 0 Å². The van der Waals surface area contributed by atoms with E-state index >= 15 is 0 Å². The molecule has 0 amide bonds. The molecule has 1 aromatic carbocycles. The summed E-state index contributed by atoms with van der Waals surface area (Å²) in [6.07, 6.45) is -3.62. The zero-order valence-corrected chi connectivity index (χ0v) is 16.9. The number of para-hydroxylation sites is 1. The van der Waals surface area contributed by atoms with E-state index in [4.69, 9.17) is 11.6 Å². The first kappa shape index (κ1) is 19.1. The number of nitrogens with zero attached hydrogens (tertiary/aromatic N) is 4. The quantitative estimate of drug-likeness (QED) is 0.571. The Morgan fingerprint density at radius 1 is 1.10 bits per heavy atom. The Bertz CT molecular complexity index is 1050. The molecule has 2 aliphatic heterocycles. The third kappa shape index (κ3) is 3.58. The monoisotopic (exact) mass is 438 g/mol. The van der Waals surface area contributed by atoms with Crippen LogP contribution in [0.2, 0.25) is 4.34 Å². The van der Waals surface area contributed by atoms with Crippen LogP contribution in [-0.4, -0.2) is 40.5 Å². The number of hydrogen-bond donors (Lipinski definition) is 0. The Kier molecular flexibility index (Phi) is 4.68. The summed E-state index contributed by atoms with van der Waals surface area (Å²) in [5, 5.41) is 0.671. The van der Waals surface area contributed by atoms with Crippen molar-refractivity contribution in [3.63, 3.8) is 0 Å². The summed E-state index contributed by atoms with van der Waals surface area (Å²) in [5.41, 5.74) is 0.330. The Balaban J connectivity index is 1.46. The van der Waals surface area contributed by atoms with Gasteiger partial charge in [-0.05, 0) is 36.6 Å². The molecule has 29 heavy (non-hydrogen) atoms. The third-order valence-electron chi connectivity index (χ3n) is 5.74. The number of fused-ring (bicyclic) bond motifs is 2. The lowest BCUT2D eigenvalue weighted by molar-refractivity contribution is -0.144. The second kappa shape index (κ2) is 7.11. The molecule has 5 rings (SSSR count). The fourth-order valence-electron chi connectivity index (χ4n) is 4.50. The Morgan fingerprint density at radius 2 is 1.93 bits per heavy atom. The molecule has 3 aromatic rings. The van der Waals surface area contributed by atoms with E-state index in [1.807, 2.05) is 18.2 Å². The summed E-state index contributed by atoms with van der Waals surface area (Å²) in [5.74, 6) is -0.248. The standard InChI is InChI=1S/C20H18ClF3N4S/c21-17-6-5-13(29-17)10-27-9-12-7-8-28(16(12)11-27)18-14-3-1-2-4-15(14)25-19(26-18)20(22,23)24/h1-6,12,16H,7-11H2. The summed E-state index contributed by atoms with van der Waals surface area (Å²) in [6, 6.07) is 11.0. The molecule has 0 radical (unpaired) electrons. The van der Waals surface area contributed by atoms with Crippen molar-refractivity contribution in [2.75, 3.05) is 24.5 Å². The van der Waals surface area contributed by atoms with E-state index in [0.29, 0.717) is 29.2 Å². The summed E-state index contributed by atoms with van der Waals surface area (Å²) in [4.78, 5) is 13.4. The van der Waals surface area contributed by atoms with Gasteiger partial charge >= 0.3 is 6.18 Å². The van der Waals surface area contributed by atoms with E-state index in [1.165, 1.54) is 4.88 Å². The third-order valence-corrected chi connectivity index (χ3v) is 6.96. The Hall–Kier alpha value is -1.90. The Morgan fingerprint density at radius 3 is 2.69 bits per heavy atom. The van der Waals surface area contributed by atoms with Crippen molar-refractivity contribution in [2.45, 2.75) is 25.2 Å². The fraction of sp³-hybridized carbons (Fsp3) is 0.400. The predicted octanol–water partition coefficient (Wildman–Crippen LogP) is 5.07. The molecule has 2 aromatic heterocycles. The number of benzene rings is 1. The molecule has 0 saturated carbocycles. The molecule has 9 heteroatoms. The largest absolute Gasteiger partial charge is 0.451 e. The first-order valence-corrected chi connectivity index (χ1v) is 10.6. The Labute approximate surface area is 174 Å². The highest BCUT2D eigenvalue weighted by Gasteiger charge is 2.43. The summed E-state index contributed by atoms with van der Waals surface area (Å²) < 4.78 is 41.0. The number of thiophene rings is 1. The minimum absolute atomic E-state index is 0.157. The highest BCUT2D eigenvalue weighted by Crippen LogP contribution is 2.39. The van der Waals surface area contributed by atoms with Gasteiger partial charge in [-0.3, -0.25) is 4.90 Å². The topological polar surface area (TPSA) is 32.3 Å². The van der Waals surface area contributed by atoms with Crippen LogP contribution >= 0.6 is 22.9 Å². The van der Waals surface area contributed by atoms with Gasteiger partial charge in [-0.15, -0.1) is 11.3 Å². The van der Waals surface area contributed by atoms with Gasteiger partial charge in [0.05, 0.1) is 9.85 Å². The van der Waals surface area contributed by atoms with Crippen LogP contribution in [0.15, 0.2) is 36.4 Å². The van der Waals surface area contributed by atoms with Crippen molar-refractivity contribution in [1.29, 1.82) is 0 Å². The van der Waals surface area contributed by atoms with Crippen LogP contribution in [0, 0.1) is 5.92 Å². The maximum absolute atomic E-state index is 13.4. The average Bonchev–Trinajstić information content (AvgIpc) is 3.36. The van der Waals surface area contributed by atoms with E-state index in [1.54, 1.807) is 29.5 Å². The van der Waals surface area contributed by atoms with Gasteiger partial charge in [-0.2, -0.15) is 13.2 Å². The van der Waals surface area contributed by atoms with Gasteiger partial charge in [-0.1, -0.05) is 23.7 Å². The molecule has 0 bridgehead atoms. The van der Waals surface area contributed by atoms with Crippen molar-refractivity contribution < 1.29 is 13.2 Å². The molecule has 2 saturated heterocycles. The van der Waals surface area contributed by atoms with Crippen LogP contribution in [-0.2, 0) is 12.7 Å². The van der Waals surface area contributed by atoms with E-state index < -0.39 is 12.0 Å². The first-order chi connectivity index (χ1) is 13.9. The lowest BCUT2D eigenvalue weighted by Crippen LogP contribution is -2.36. The number of halogens is 4. The zero-order chi connectivity index (χ0) is 20.2. The molecule has 0 N–H and O–H groups in total. The molecule has 2 aliphatic rings. The molecule has 152 valence electrons. The lowest BCUT2D eigenvalue weighted by atomic mass is 10.1. The van der Waals surface area contributed by atoms with Gasteiger partial charge in [0.25, 0.3) is 0 Å². The van der Waals surface area contributed by atoms with E-state index in [2.05, 4.69) is 19.8 Å². The average molecular weight is 439 g/mol. The molecule has 2 fully saturated rings. The number of hydrogen-bond acceptors (Lipinski definition) is 5. The van der Waals surface area contributed by atoms with Crippen molar-refractivity contribution in [2.24, 2.45) is 5.92 Å². The van der Waals surface area contributed by atoms with E-state index in [-0.39, 0.29) is 6.04 Å². The fourth-order valence-corrected chi connectivity index (χ4v) is 5.63. The normalized spacial score (nSPS) is 22.6. The predicted molar refractivity (Wildman–Crippen MR) is 108 cm³/mol. The lowest BCUT2D eigenvalue weighted by Gasteiger charge is -2.27. The highest BCUT2D eigenvalue weighted by molar-refractivity contribution is 7.16. The molecule has 0 spiro atoms. The smallest absolute Gasteiger partial charge is 0.351 e. The molecule has 4 heterocycles. The summed E-state index contributed by atoms with van der Waals surface area (Å²) in [6.45, 7) is 3.27. The highest BCUT2D eigenvalue weighted by atomic mass is 35.5. The maximum atomic E-state index is 13.4. The van der Waals surface area contributed by atoms with E-state index in [0.717, 1.165) is 30.4 Å². The summed E-state index contributed by atoms with van der Waals surface area (Å²) >= 11 is 7.61. The van der Waals surface area contributed by atoms with E-state index in [9.17, 15) is 13.2 Å². The van der Waals surface area contributed by atoms with Gasteiger partial charge < -0.3 is 4.90 Å². The second-order valence-electron chi connectivity index (χ2n) is 7.60. The number of likely N-dealkylation sites (tertiary alicyclic amines) is 1. The van der Waals surface area contributed by atoms with Gasteiger partial charge in [0.1, 0.15) is 5.82 Å². The number of rotatable bonds is 3. The maximum Gasteiger partial charge on any atom is 0.451 e. The second-order valence-corrected chi connectivity index (χ2v) is 9.39. The van der Waals surface area contributed by atoms with Crippen LogP contribution in [0.5, 0.6) is 0 Å². The zero-order valence-electron chi connectivity index (χ0n) is 15.4. The number of alkyl halides is 3. The molecule has 2 atom stereocenters. The molecule has 0 aliphatic carbocycles. The molecule has 2 unspecified atom stereocenters. The number of aromatic nitrogens is 2. The van der Waals surface area contributed by atoms with Gasteiger partial charge in [0, 0.05) is 42.5 Å². The SMILES string of the molecule is FC(F)(F)c1nc(N2CCC3CN(Cc4ccc(Cl)s4)CC32)c2ccccc2n1. The van der Waals surface area contributed by atoms with Crippen LogP contribution in [0.3, 0.4) is 0 Å².